The van der Waals surface area contributed by atoms with Gasteiger partial charge in [0.25, 0.3) is 0 Å². The number of urea groups is 1. The highest BCUT2D eigenvalue weighted by Gasteiger charge is 2.02. The monoisotopic (exact) mass is 193 g/mol. The van der Waals surface area contributed by atoms with Crippen LogP contribution in [0.2, 0.25) is 0 Å². The molecule has 0 aliphatic carbocycles. The Balaban J connectivity index is 2.56. The fourth-order valence-electron chi connectivity index (χ4n) is 1.05. The second-order valence-electron chi connectivity index (χ2n) is 3.44. The van der Waals surface area contributed by atoms with Crippen LogP contribution < -0.4 is 10.6 Å². The highest BCUT2D eigenvalue weighted by atomic mass is 16.2. The molecule has 0 fully saturated rings. The van der Waals surface area contributed by atoms with E-state index >= 15 is 0 Å². The number of pyridine rings is 1. The highest BCUT2D eigenvalue weighted by Crippen LogP contribution is 2.06. The van der Waals surface area contributed by atoms with Gasteiger partial charge in [0.2, 0.25) is 0 Å². The van der Waals surface area contributed by atoms with Gasteiger partial charge in [0.15, 0.2) is 0 Å². The number of aryl methyl sites for hydroxylation is 1. The Morgan fingerprint density at radius 3 is 2.79 bits per heavy atom. The quantitative estimate of drug-likeness (QED) is 0.754. The van der Waals surface area contributed by atoms with Crippen LogP contribution in [0.15, 0.2) is 18.3 Å². The van der Waals surface area contributed by atoms with Crippen molar-refractivity contribution >= 4 is 11.7 Å². The van der Waals surface area contributed by atoms with Crippen LogP contribution in [0.1, 0.15) is 19.5 Å². The SMILES string of the molecule is Cc1cc(NC(=O)NC(C)C)ccn1. The summed E-state index contributed by atoms with van der Waals surface area (Å²) in [4.78, 5) is 15.3. The maximum absolute atomic E-state index is 11.3. The number of amides is 2. The van der Waals surface area contributed by atoms with Gasteiger partial charge in [0.1, 0.15) is 0 Å². The normalized spacial score (nSPS) is 10.0. The van der Waals surface area contributed by atoms with Crippen LogP contribution in [0.25, 0.3) is 0 Å². The third kappa shape index (κ3) is 3.43. The molecule has 0 atom stereocenters. The van der Waals surface area contributed by atoms with Gasteiger partial charge in [0, 0.05) is 23.6 Å². The van der Waals surface area contributed by atoms with Crippen molar-refractivity contribution in [3.05, 3.63) is 24.0 Å². The molecule has 1 aromatic heterocycles. The van der Waals surface area contributed by atoms with Crippen molar-refractivity contribution < 1.29 is 4.79 Å². The van der Waals surface area contributed by atoms with E-state index in [0.29, 0.717) is 0 Å². The van der Waals surface area contributed by atoms with E-state index in [9.17, 15) is 4.79 Å². The van der Waals surface area contributed by atoms with Crippen LogP contribution >= 0.6 is 0 Å². The Morgan fingerprint density at radius 2 is 2.21 bits per heavy atom. The lowest BCUT2D eigenvalue weighted by Gasteiger charge is -2.09. The first-order valence-electron chi connectivity index (χ1n) is 4.58. The van der Waals surface area contributed by atoms with Crippen LogP contribution in [0.4, 0.5) is 10.5 Å². The molecule has 0 spiro atoms. The number of hydrogen-bond acceptors (Lipinski definition) is 2. The highest BCUT2D eigenvalue weighted by molar-refractivity contribution is 5.89. The molecular formula is C10H15N3O. The molecule has 76 valence electrons. The third-order valence-electron chi connectivity index (χ3n) is 1.57. The predicted octanol–water partition coefficient (Wildman–Crippen LogP) is 1.92. The summed E-state index contributed by atoms with van der Waals surface area (Å²) in [6.07, 6.45) is 1.67. The first-order chi connectivity index (χ1) is 6.58. The molecule has 0 aliphatic rings. The summed E-state index contributed by atoms with van der Waals surface area (Å²) in [6, 6.07) is 3.52. The van der Waals surface area contributed by atoms with E-state index in [1.807, 2.05) is 26.8 Å². The lowest BCUT2D eigenvalue weighted by atomic mass is 10.3. The molecule has 0 aliphatic heterocycles. The fourth-order valence-corrected chi connectivity index (χ4v) is 1.05. The van der Waals surface area contributed by atoms with E-state index in [2.05, 4.69) is 15.6 Å². The summed E-state index contributed by atoms with van der Waals surface area (Å²) in [6.45, 7) is 5.71. The summed E-state index contributed by atoms with van der Waals surface area (Å²) in [7, 11) is 0. The van der Waals surface area contributed by atoms with E-state index in [1.165, 1.54) is 0 Å². The number of nitrogens with one attached hydrogen (secondary N) is 2. The van der Waals surface area contributed by atoms with Crippen LogP contribution in [-0.2, 0) is 0 Å². The van der Waals surface area contributed by atoms with Gasteiger partial charge >= 0.3 is 6.03 Å². The number of carbonyl (C=O) groups is 1. The van der Waals surface area contributed by atoms with Gasteiger partial charge in [-0.05, 0) is 32.9 Å². The van der Waals surface area contributed by atoms with Gasteiger partial charge in [-0.15, -0.1) is 0 Å². The van der Waals surface area contributed by atoms with Crippen LogP contribution in [0.3, 0.4) is 0 Å². The van der Waals surface area contributed by atoms with Gasteiger partial charge in [-0.3, -0.25) is 4.98 Å². The zero-order valence-electron chi connectivity index (χ0n) is 8.66. The summed E-state index contributed by atoms with van der Waals surface area (Å²) in [5.74, 6) is 0. The Bertz CT molecular complexity index is 323. The Hall–Kier alpha value is -1.58. The fraction of sp³-hybridized carbons (Fsp3) is 0.400. The van der Waals surface area contributed by atoms with E-state index in [1.54, 1.807) is 12.3 Å². The molecule has 4 nitrogen and oxygen atoms in total. The van der Waals surface area contributed by atoms with Crippen molar-refractivity contribution in [1.82, 2.24) is 10.3 Å². The average molecular weight is 193 g/mol. The summed E-state index contributed by atoms with van der Waals surface area (Å²) in [5.41, 5.74) is 1.64. The van der Waals surface area contributed by atoms with Crippen molar-refractivity contribution in [2.75, 3.05) is 5.32 Å². The van der Waals surface area contributed by atoms with Crippen LogP contribution in [-0.4, -0.2) is 17.1 Å². The first-order valence-corrected chi connectivity index (χ1v) is 4.58. The van der Waals surface area contributed by atoms with Gasteiger partial charge in [-0.25, -0.2) is 4.79 Å². The topological polar surface area (TPSA) is 54.0 Å². The first kappa shape index (κ1) is 10.5. The van der Waals surface area contributed by atoms with E-state index in [0.717, 1.165) is 11.4 Å². The van der Waals surface area contributed by atoms with Crippen molar-refractivity contribution in [2.45, 2.75) is 26.8 Å². The zero-order chi connectivity index (χ0) is 10.6. The van der Waals surface area contributed by atoms with Crippen molar-refractivity contribution in [1.29, 1.82) is 0 Å². The van der Waals surface area contributed by atoms with E-state index in [4.69, 9.17) is 0 Å². The van der Waals surface area contributed by atoms with Gasteiger partial charge in [-0.2, -0.15) is 0 Å². The molecule has 0 unspecified atom stereocenters. The smallest absolute Gasteiger partial charge is 0.319 e. The molecule has 0 radical (unpaired) electrons. The van der Waals surface area contributed by atoms with Crippen molar-refractivity contribution in [2.24, 2.45) is 0 Å². The largest absolute Gasteiger partial charge is 0.336 e. The van der Waals surface area contributed by atoms with Crippen LogP contribution in [0.5, 0.6) is 0 Å². The molecule has 1 aromatic rings. The molecule has 0 saturated heterocycles. The number of hydrogen-bond donors (Lipinski definition) is 2. The zero-order valence-corrected chi connectivity index (χ0v) is 8.66. The van der Waals surface area contributed by atoms with Gasteiger partial charge in [0.05, 0.1) is 0 Å². The summed E-state index contributed by atoms with van der Waals surface area (Å²) < 4.78 is 0. The van der Waals surface area contributed by atoms with Crippen LogP contribution in [0, 0.1) is 6.92 Å². The number of aromatic nitrogens is 1. The average Bonchev–Trinajstić information content (AvgIpc) is 2.01. The van der Waals surface area contributed by atoms with Crippen molar-refractivity contribution in [3.8, 4) is 0 Å². The lowest BCUT2D eigenvalue weighted by Crippen LogP contribution is -2.34. The Labute approximate surface area is 83.7 Å². The maximum Gasteiger partial charge on any atom is 0.319 e. The lowest BCUT2D eigenvalue weighted by molar-refractivity contribution is 0.250. The van der Waals surface area contributed by atoms with Gasteiger partial charge < -0.3 is 10.6 Å². The minimum Gasteiger partial charge on any atom is -0.336 e. The second kappa shape index (κ2) is 4.60. The number of nitrogens with zero attached hydrogens (tertiary/aromatic N) is 1. The molecule has 0 aromatic carbocycles. The standard InChI is InChI=1S/C10H15N3O/c1-7(2)12-10(14)13-9-4-5-11-8(3)6-9/h4-7H,1-3H3,(H2,11,12,13,14). The molecule has 2 amide bonds. The number of rotatable bonds is 2. The Kier molecular flexibility index (Phi) is 3.45. The minimum absolute atomic E-state index is 0.137. The van der Waals surface area contributed by atoms with Gasteiger partial charge in [-0.1, -0.05) is 0 Å². The molecule has 1 rings (SSSR count). The Morgan fingerprint density at radius 1 is 1.50 bits per heavy atom. The van der Waals surface area contributed by atoms with Crippen molar-refractivity contribution in [3.63, 3.8) is 0 Å². The number of anilines is 1. The molecule has 1 heterocycles. The molecule has 4 heteroatoms. The summed E-state index contributed by atoms with van der Waals surface area (Å²) >= 11 is 0. The van der Waals surface area contributed by atoms with E-state index in [-0.39, 0.29) is 12.1 Å². The molecular weight excluding hydrogens is 178 g/mol. The molecule has 0 saturated carbocycles. The molecule has 14 heavy (non-hydrogen) atoms. The number of carbonyl (C=O) groups excluding carboxylic acids is 1. The molecule has 2 N–H and O–H groups in total. The minimum atomic E-state index is -0.189. The predicted molar refractivity (Wildman–Crippen MR) is 56.3 cm³/mol. The third-order valence-corrected chi connectivity index (χ3v) is 1.57. The molecule has 0 bridgehead atoms. The second-order valence-corrected chi connectivity index (χ2v) is 3.44. The van der Waals surface area contributed by atoms with E-state index < -0.39 is 0 Å². The summed E-state index contributed by atoms with van der Waals surface area (Å²) in [5, 5.41) is 5.46. The maximum atomic E-state index is 11.3.